The van der Waals surface area contributed by atoms with Crippen molar-refractivity contribution >= 4 is 30.8 Å². The molecule has 0 spiro atoms. The van der Waals surface area contributed by atoms with Crippen LogP contribution in [0, 0.1) is 17.5 Å². The summed E-state index contributed by atoms with van der Waals surface area (Å²) in [6.07, 6.45) is 0.882. The van der Waals surface area contributed by atoms with Crippen molar-refractivity contribution in [1.82, 2.24) is 4.98 Å². The number of rotatable bonds is 3. The third-order valence-electron chi connectivity index (χ3n) is 2.61. The molecule has 20 heavy (non-hydrogen) atoms. The number of halogens is 3. The molecule has 1 aromatic carbocycles. The first-order valence-corrected chi connectivity index (χ1v) is 5.50. The van der Waals surface area contributed by atoms with Crippen LogP contribution in [0.2, 0.25) is 0 Å². The molecule has 0 fully saturated rings. The van der Waals surface area contributed by atoms with Crippen molar-refractivity contribution in [1.29, 1.82) is 0 Å². The number of aromatic nitrogens is 1. The Kier molecular flexibility index (Phi) is 3.65. The molecule has 2 rings (SSSR count). The molecule has 0 aliphatic heterocycles. The summed E-state index contributed by atoms with van der Waals surface area (Å²) in [6.45, 7) is 0. The number of carboxylic acids is 1. The molecule has 0 unspecified atom stereocenters. The van der Waals surface area contributed by atoms with E-state index in [2.05, 4.69) is 10.3 Å². The Hall–Kier alpha value is -2.51. The molecule has 8 heteroatoms. The van der Waals surface area contributed by atoms with Crippen LogP contribution >= 0.6 is 0 Å². The molecule has 0 aliphatic carbocycles. The van der Waals surface area contributed by atoms with Gasteiger partial charge in [0.1, 0.15) is 19.5 Å². The van der Waals surface area contributed by atoms with Crippen LogP contribution in [0.4, 0.5) is 24.7 Å². The van der Waals surface area contributed by atoms with Crippen LogP contribution in [0.15, 0.2) is 24.4 Å². The van der Waals surface area contributed by atoms with Crippen molar-refractivity contribution in [3.05, 3.63) is 47.4 Å². The van der Waals surface area contributed by atoms with Gasteiger partial charge in [0.2, 0.25) is 0 Å². The van der Waals surface area contributed by atoms with E-state index in [-0.39, 0.29) is 5.82 Å². The molecule has 102 valence electrons. The summed E-state index contributed by atoms with van der Waals surface area (Å²) < 4.78 is 39.8. The number of nitrogens with zero attached hydrogens (tertiary/aromatic N) is 1. The molecule has 0 saturated carbocycles. The fraction of sp³-hybridized carbons (Fsp3) is 0. The minimum absolute atomic E-state index is 0.0402. The lowest BCUT2D eigenvalue weighted by Crippen LogP contribution is -2.15. The molecule has 0 bridgehead atoms. The molecule has 0 atom stereocenters. The second kappa shape index (κ2) is 5.24. The highest BCUT2D eigenvalue weighted by Crippen LogP contribution is 2.25. The molecule has 0 aliphatic rings. The summed E-state index contributed by atoms with van der Waals surface area (Å²) in [5.41, 5.74) is -0.681. The Balaban J connectivity index is 2.52. The summed E-state index contributed by atoms with van der Waals surface area (Å²) in [4.78, 5) is 14.7. The molecular weight excluding hydrogens is 272 g/mol. The van der Waals surface area contributed by atoms with Gasteiger partial charge in [-0.1, -0.05) is 0 Å². The second-order valence-electron chi connectivity index (χ2n) is 4.03. The molecule has 0 amide bonds. The van der Waals surface area contributed by atoms with E-state index in [1.807, 2.05) is 0 Å². The monoisotopic (exact) mass is 280 g/mol. The fourth-order valence-corrected chi connectivity index (χ4v) is 1.64. The number of aromatic carboxylic acids is 1. The highest BCUT2D eigenvalue weighted by Gasteiger charge is 2.19. The van der Waals surface area contributed by atoms with E-state index in [0.717, 1.165) is 24.4 Å². The van der Waals surface area contributed by atoms with Crippen LogP contribution in [-0.2, 0) is 0 Å². The van der Waals surface area contributed by atoms with Gasteiger partial charge in [0.25, 0.3) is 0 Å². The van der Waals surface area contributed by atoms with Crippen molar-refractivity contribution in [3.63, 3.8) is 0 Å². The largest absolute Gasteiger partial charge is 0.478 e. The van der Waals surface area contributed by atoms with E-state index in [9.17, 15) is 18.0 Å². The molecule has 0 saturated heterocycles. The second-order valence-corrected chi connectivity index (χ2v) is 4.03. The van der Waals surface area contributed by atoms with Crippen molar-refractivity contribution in [2.24, 2.45) is 0 Å². The Labute approximate surface area is 112 Å². The minimum Gasteiger partial charge on any atom is -0.478 e. The first-order chi connectivity index (χ1) is 9.40. The van der Waals surface area contributed by atoms with Gasteiger partial charge in [-0.3, -0.25) is 0 Å². The topological polar surface area (TPSA) is 62.2 Å². The standard InChI is InChI=1S/C12H8BF3N2O2/c13-7-3-5(14)4-17-11(7)18-10-6(12(19)20)1-2-8(15)9(10)16/h1-4H,13H2,(H,17,18)(H,19,20). The lowest BCUT2D eigenvalue weighted by atomic mass is 9.97. The average molecular weight is 280 g/mol. The number of carbonyl (C=O) groups is 1. The smallest absolute Gasteiger partial charge is 0.337 e. The Morgan fingerprint density at radius 2 is 2.00 bits per heavy atom. The van der Waals surface area contributed by atoms with Crippen molar-refractivity contribution in [2.75, 3.05) is 5.32 Å². The van der Waals surface area contributed by atoms with Crippen molar-refractivity contribution < 1.29 is 23.1 Å². The van der Waals surface area contributed by atoms with E-state index >= 15 is 0 Å². The van der Waals surface area contributed by atoms with Crippen LogP contribution in [0.3, 0.4) is 0 Å². The maximum absolute atomic E-state index is 13.7. The van der Waals surface area contributed by atoms with Gasteiger partial charge >= 0.3 is 5.97 Å². The van der Waals surface area contributed by atoms with E-state index in [0.29, 0.717) is 5.46 Å². The minimum atomic E-state index is -1.42. The zero-order valence-electron chi connectivity index (χ0n) is 10.2. The maximum Gasteiger partial charge on any atom is 0.337 e. The van der Waals surface area contributed by atoms with Crippen LogP contribution in [0.25, 0.3) is 0 Å². The van der Waals surface area contributed by atoms with E-state index < -0.39 is 34.7 Å². The van der Waals surface area contributed by atoms with Crippen molar-refractivity contribution in [2.45, 2.75) is 0 Å². The zero-order chi connectivity index (χ0) is 14.9. The van der Waals surface area contributed by atoms with Gasteiger partial charge in [0.05, 0.1) is 17.4 Å². The summed E-state index contributed by atoms with van der Waals surface area (Å²) in [7, 11) is 1.50. The fourth-order valence-electron chi connectivity index (χ4n) is 1.64. The maximum atomic E-state index is 13.7. The van der Waals surface area contributed by atoms with Crippen molar-refractivity contribution in [3.8, 4) is 0 Å². The zero-order valence-corrected chi connectivity index (χ0v) is 10.2. The Morgan fingerprint density at radius 3 is 2.60 bits per heavy atom. The first kappa shape index (κ1) is 13.9. The Morgan fingerprint density at radius 1 is 1.30 bits per heavy atom. The quantitative estimate of drug-likeness (QED) is 0.829. The highest BCUT2D eigenvalue weighted by molar-refractivity contribution is 6.35. The van der Waals surface area contributed by atoms with E-state index in [1.165, 1.54) is 7.85 Å². The van der Waals surface area contributed by atoms with Gasteiger partial charge in [-0.2, -0.15) is 0 Å². The first-order valence-electron chi connectivity index (χ1n) is 5.50. The van der Waals surface area contributed by atoms with E-state index in [1.54, 1.807) is 0 Å². The summed E-state index contributed by atoms with van der Waals surface area (Å²) in [6, 6.07) is 2.78. The van der Waals surface area contributed by atoms with Crippen LogP contribution in [0.1, 0.15) is 10.4 Å². The number of benzene rings is 1. The van der Waals surface area contributed by atoms with Crippen LogP contribution in [-0.4, -0.2) is 23.9 Å². The third-order valence-corrected chi connectivity index (χ3v) is 2.61. The molecular formula is C12H8BF3N2O2. The number of carboxylic acid groups (broad SMARTS) is 1. The Bertz CT molecular complexity index is 695. The van der Waals surface area contributed by atoms with E-state index in [4.69, 9.17) is 5.11 Å². The number of hydrogen-bond acceptors (Lipinski definition) is 3. The van der Waals surface area contributed by atoms with Gasteiger partial charge in [0.15, 0.2) is 11.6 Å². The SMILES string of the molecule is Bc1cc(F)cnc1Nc1c(C(=O)O)ccc(F)c1F. The van der Waals surface area contributed by atoms with Gasteiger partial charge in [-0.15, -0.1) is 0 Å². The van der Waals surface area contributed by atoms with Crippen LogP contribution < -0.4 is 10.8 Å². The molecule has 1 heterocycles. The normalized spacial score (nSPS) is 10.3. The number of hydrogen-bond donors (Lipinski definition) is 2. The number of anilines is 2. The predicted molar refractivity (Wildman–Crippen MR) is 69.0 cm³/mol. The van der Waals surface area contributed by atoms with Gasteiger partial charge in [-0.25, -0.2) is 22.9 Å². The summed E-state index contributed by atoms with van der Waals surface area (Å²) in [5, 5.41) is 11.3. The molecule has 2 N–H and O–H groups in total. The average Bonchev–Trinajstić information content (AvgIpc) is 2.37. The third kappa shape index (κ3) is 2.58. The number of nitrogens with one attached hydrogen (secondary N) is 1. The van der Waals surface area contributed by atoms with Crippen LogP contribution in [0.5, 0.6) is 0 Å². The lowest BCUT2D eigenvalue weighted by Gasteiger charge is -2.12. The van der Waals surface area contributed by atoms with Gasteiger partial charge in [0, 0.05) is 0 Å². The molecule has 1 aromatic heterocycles. The summed E-state index contributed by atoms with van der Waals surface area (Å²) in [5.74, 6) is -4.51. The number of pyridine rings is 1. The summed E-state index contributed by atoms with van der Waals surface area (Å²) >= 11 is 0. The van der Waals surface area contributed by atoms with Gasteiger partial charge in [-0.05, 0) is 23.7 Å². The van der Waals surface area contributed by atoms with Gasteiger partial charge < -0.3 is 10.4 Å². The molecule has 4 nitrogen and oxygen atoms in total. The molecule has 0 radical (unpaired) electrons. The lowest BCUT2D eigenvalue weighted by molar-refractivity contribution is 0.0697. The predicted octanol–water partition coefficient (Wildman–Crippen LogP) is 1.20. The molecule has 2 aromatic rings. The highest BCUT2D eigenvalue weighted by atomic mass is 19.2.